The summed E-state index contributed by atoms with van der Waals surface area (Å²) in [5.41, 5.74) is 1.96. The van der Waals surface area contributed by atoms with E-state index >= 15 is 0 Å². The molecule has 0 unspecified atom stereocenters. The maximum atomic E-state index is 11.3. The molecule has 0 fully saturated rings. The summed E-state index contributed by atoms with van der Waals surface area (Å²) < 4.78 is 0. The van der Waals surface area contributed by atoms with Gasteiger partial charge in [-0.25, -0.2) is 0 Å². The lowest BCUT2D eigenvalue weighted by Crippen LogP contribution is -2.21. The molecule has 0 saturated carbocycles. The minimum atomic E-state index is -0.805. The van der Waals surface area contributed by atoms with Crippen LogP contribution < -0.4 is 0 Å². The summed E-state index contributed by atoms with van der Waals surface area (Å²) in [7, 11) is 0. The van der Waals surface area contributed by atoms with Crippen molar-refractivity contribution >= 4 is 17.4 Å². The fraction of sp³-hybridized carbons (Fsp3) is 0.462. The van der Waals surface area contributed by atoms with E-state index in [1.165, 1.54) is 12.5 Å². The Morgan fingerprint density at radius 2 is 1.94 bits per heavy atom. The number of aryl methyl sites for hydroxylation is 1. The first-order chi connectivity index (χ1) is 7.60. The summed E-state index contributed by atoms with van der Waals surface area (Å²) >= 11 is 5.69. The van der Waals surface area contributed by atoms with Crippen molar-refractivity contribution in [2.45, 2.75) is 26.4 Å². The van der Waals surface area contributed by atoms with Gasteiger partial charge in [-0.2, -0.15) is 0 Å². The Bertz CT molecular complexity index is 345. The first kappa shape index (κ1) is 13.2. The van der Waals surface area contributed by atoms with Gasteiger partial charge in [-0.05, 0) is 24.5 Å². The third kappa shape index (κ3) is 3.06. The van der Waals surface area contributed by atoms with Gasteiger partial charge in [0.2, 0.25) is 0 Å². The number of hydrogen-bond acceptors (Lipinski definition) is 2. The van der Waals surface area contributed by atoms with Crippen LogP contribution in [-0.2, 0) is 11.2 Å². The highest BCUT2D eigenvalue weighted by Crippen LogP contribution is 2.24. The number of carbonyl (C=O) groups is 1. The van der Waals surface area contributed by atoms with Crippen molar-refractivity contribution in [3.63, 3.8) is 0 Å². The van der Waals surface area contributed by atoms with Gasteiger partial charge in [-0.15, -0.1) is 11.6 Å². The largest absolute Gasteiger partial charge is 0.388 e. The van der Waals surface area contributed by atoms with Gasteiger partial charge in [0.1, 0.15) is 5.78 Å². The number of hydrogen-bond donors (Lipinski definition) is 1. The summed E-state index contributed by atoms with van der Waals surface area (Å²) in [5.74, 6) is -0.456. The van der Waals surface area contributed by atoms with E-state index in [9.17, 15) is 9.90 Å². The van der Waals surface area contributed by atoms with Gasteiger partial charge in [0.05, 0.1) is 12.0 Å². The minimum Gasteiger partial charge on any atom is -0.388 e. The van der Waals surface area contributed by atoms with E-state index in [2.05, 4.69) is 6.92 Å². The average Bonchev–Trinajstić information content (AvgIpc) is 2.29. The van der Waals surface area contributed by atoms with Crippen LogP contribution in [0.5, 0.6) is 0 Å². The third-order valence-electron chi connectivity index (χ3n) is 2.80. The molecule has 0 spiro atoms. The number of rotatable bonds is 5. The first-order valence-corrected chi connectivity index (χ1v) is 5.97. The van der Waals surface area contributed by atoms with E-state index in [-0.39, 0.29) is 11.7 Å². The Morgan fingerprint density at radius 3 is 2.31 bits per heavy atom. The average molecular weight is 241 g/mol. The Kier molecular flexibility index (Phi) is 4.97. The summed E-state index contributed by atoms with van der Waals surface area (Å²) in [4.78, 5) is 11.3. The standard InChI is InChI=1S/C13H17ClO2/c1-3-10-4-6-11(7-5-10)13(16)12(8-14)9(2)15/h4-7,12-13,16H,3,8H2,1-2H3/t12-,13-/m1/s1. The summed E-state index contributed by atoms with van der Waals surface area (Å²) in [5, 5.41) is 10.0. The van der Waals surface area contributed by atoms with Crippen LogP contribution in [0.1, 0.15) is 31.1 Å². The second-order valence-corrected chi connectivity index (χ2v) is 4.22. The minimum absolute atomic E-state index is 0.0814. The molecule has 0 heterocycles. The van der Waals surface area contributed by atoms with Gasteiger partial charge < -0.3 is 5.11 Å². The molecule has 0 aliphatic carbocycles. The molecular formula is C13H17ClO2. The topological polar surface area (TPSA) is 37.3 Å². The Labute approximate surface area is 101 Å². The van der Waals surface area contributed by atoms with Crippen molar-refractivity contribution in [2.75, 3.05) is 5.88 Å². The molecule has 2 nitrogen and oxygen atoms in total. The molecule has 88 valence electrons. The van der Waals surface area contributed by atoms with Gasteiger partial charge in [-0.3, -0.25) is 4.79 Å². The zero-order valence-corrected chi connectivity index (χ0v) is 10.4. The van der Waals surface area contributed by atoms with Gasteiger partial charge in [0, 0.05) is 5.88 Å². The fourth-order valence-corrected chi connectivity index (χ4v) is 1.98. The van der Waals surface area contributed by atoms with E-state index in [1.807, 2.05) is 24.3 Å². The number of halogens is 1. The maximum absolute atomic E-state index is 11.3. The van der Waals surface area contributed by atoms with Gasteiger partial charge >= 0.3 is 0 Å². The van der Waals surface area contributed by atoms with Crippen LogP contribution >= 0.6 is 11.6 Å². The molecule has 2 atom stereocenters. The zero-order chi connectivity index (χ0) is 12.1. The van der Waals surface area contributed by atoms with Crippen LogP contribution in [0.4, 0.5) is 0 Å². The fourth-order valence-electron chi connectivity index (χ4n) is 1.60. The highest BCUT2D eigenvalue weighted by Gasteiger charge is 2.23. The number of Topliss-reactive ketones (excluding diaryl/α,β-unsaturated/α-hetero) is 1. The predicted molar refractivity (Wildman–Crippen MR) is 65.7 cm³/mol. The molecule has 0 aliphatic rings. The molecule has 1 aromatic rings. The predicted octanol–water partition coefficient (Wildman–Crippen LogP) is 2.73. The van der Waals surface area contributed by atoms with Crippen LogP contribution in [-0.4, -0.2) is 16.8 Å². The van der Waals surface area contributed by atoms with Crippen molar-refractivity contribution in [3.8, 4) is 0 Å². The second kappa shape index (κ2) is 6.02. The van der Waals surface area contributed by atoms with Gasteiger partial charge in [0.15, 0.2) is 0 Å². The lowest BCUT2D eigenvalue weighted by Gasteiger charge is -2.18. The van der Waals surface area contributed by atoms with E-state index in [1.54, 1.807) is 0 Å². The summed E-state index contributed by atoms with van der Waals surface area (Å²) in [6.45, 7) is 3.53. The van der Waals surface area contributed by atoms with E-state index < -0.39 is 12.0 Å². The number of alkyl halides is 1. The molecule has 0 amide bonds. The molecule has 3 heteroatoms. The maximum Gasteiger partial charge on any atom is 0.137 e. The normalized spacial score (nSPS) is 14.5. The molecule has 0 aliphatic heterocycles. The van der Waals surface area contributed by atoms with Crippen LogP contribution in [0, 0.1) is 5.92 Å². The van der Waals surface area contributed by atoms with Crippen molar-refractivity contribution < 1.29 is 9.90 Å². The number of ketones is 1. The SMILES string of the molecule is CCc1ccc([C@@H](O)[C@H](CCl)C(C)=O)cc1. The lowest BCUT2D eigenvalue weighted by atomic mass is 9.93. The molecule has 0 bridgehead atoms. The third-order valence-corrected chi connectivity index (χ3v) is 3.13. The highest BCUT2D eigenvalue weighted by atomic mass is 35.5. The molecule has 0 aromatic heterocycles. The molecule has 1 N–H and O–H groups in total. The smallest absolute Gasteiger partial charge is 0.137 e. The van der Waals surface area contributed by atoms with Gasteiger partial charge in [0.25, 0.3) is 0 Å². The monoisotopic (exact) mass is 240 g/mol. The molecule has 0 radical (unpaired) electrons. The van der Waals surface area contributed by atoms with Crippen molar-refractivity contribution in [1.29, 1.82) is 0 Å². The molecular weight excluding hydrogens is 224 g/mol. The summed E-state index contributed by atoms with van der Waals surface area (Å²) in [6.07, 6.45) is 0.156. The molecule has 16 heavy (non-hydrogen) atoms. The van der Waals surface area contributed by atoms with Crippen molar-refractivity contribution in [1.82, 2.24) is 0 Å². The van der Waals surface area contributed by atoms with E-state index in [0.29, 0.717) is 0 Å². The highest BCUT2D eigenvalue weighted by molar-refractivity contribution is 6.19. The lowest BCUT2D eigenvalue weighted by molar-refractivity contribution is -0.123. The van der Waals surface area contributed by atoms with Crippen LogP contribution in [0.3, 0.4) is 0 Å². The Balaban J connectivity index is 2.86. The second-order valence-electron chi connectivity index (χ2n) is 3.91. The quantitative estimate of drug-likeness (QED) is 0.804. The number of benzene rings is 1. The number of aliphatic hydroxyl groups is 1. The molecule has 1 aromatic carbocycles. The Hall–Kier alpha value is -0.860. The molecule has 1 rings (SSSR count). The number of aliphatic hydroxyl groups excluding tert-OH is 1. The zero-order valence-electron chi connectivity index (χ0n) is 9.61. The number of carbonyl (C=O) groups excluding carboxylic acids is 1. The van der Waals surface area contributed by atoms with Crippen LogP contribution in [0.15, 0.2) is 24.3 Å². The Morgan fingerprint density at radius 1 is 1.38 bits per heavy atom. The first-order valence-electron chi connectivity index (χ1n) is 5.43. The van der Waals surface area contributed by atoms with Gasteiger partial charge in [-0.1, -0.05) is 31.2 Å². The molecule has 0 saturated heterocycles. The van der Waals surface area contributed by atoms with Crippen molar-refractivity contribution in [2.24, 2.45) is 5.92 Å². The van der Waals surface area contributed by atoms with Crippen LogP contribution in [0.25, 0.3) is 0 Å². The van der Waals surface area contributed by atoms with Crippen molar-refractivity contribution in [3.05, 3.63) is 35.4 Å². The summed E-state index contributed by atoms with van der Waals surface area (Å²) in [6, 6.07) is 7.63. The van der Waals surface area contributed by atoms with E-state index in [0.717, 1.165) is 12.0 Å². The van der Waals surface area contributed by atoms with E-state index in [4.69, 9.17) is 11.6 Å². The van der Waals surface area contributed by atoms with Crippen LogP contribution in [0.2, 0.25) is 0 Å².